The van der Waals surface area contributed by atoms with Crippen molar-refractivity contribution in [3.8, 4) is 0 Å². The van der Waals surface area contributed by atoms with Gasteiger partial charge in [-0.25, -0.2) is 0 Å². The lowest BCUT2D eigenvalue weighted by Gasteiger charge is -2.32. The molecular formula is C14H20BNO4. The summed E-state index contributed by atoms with van der Waals surface area (Å²) in [5, 5.41) is 9.10. The minimum Gasteiger partial charge on any atom is -0.480 e. The number of nitrogens with two attached hydrogens (primary N) is 1. The largest absolute Gasteiger partial charge is 0.495 e. The van der Waals surface area contributed by atoms with Gasteiger partial charge in [0.2, 0.25) is 0 Å². The molecule has 0 aromatic heterocycles. The lowest BCUT2D eigenvalue weighted by Crippen LogP contribution is -2.41. The molecule has 1 atom stereocenters. The first kappa shape index (κ1) is 15.0. The Morgan fingerprint density at radius 3 is 2.20 bits per heavy atom. The van der Waals surface area contributed by atoms with Crippen LogP contribution in [0.25, 0.3) is 0 Å². The third kappa shape index (κ3) is 2.46. The van der Waals surface area contributed by atoms with Crippen LogP contribution in [-0.4, -0.2) is 29.4 Å². The quantitative estimate of drug-likeness (QED) is 0.808. The van der Waals surface area contributed by atoms with Gasteiger partial charge in [-0.3, -0.25) is 4.79 Å². The van der Waals surface area contributed by atoms with E-state index in [-0.39, 0.29) is 0 Å². The van der Waals surface area contributed by atoms with Gasteiger partial charge in [0.15, 0.2) is 0 Å². The molecule has 0 amide bonds. The summed E-state index contributed by atoms with van der Waals surface area (Å²) in [4.78, 5) is 11.1. The van der Waals surface area contributed by atoms with Gasteiger partial charge in [0, 0.05) is 0 Å². The third-order valence-corrected chi connectivity index (χ3v) is 4.10. The van der Waals surface area contributed by atoms with Gasteiger partial charge in [-0.2, -0.15) is 0 Å². The summed E-state index contributed by atoms with van der Waals surface area (Å²) in [6, 6.07) is 5.97. The molecule has 3 N–H and O–H groups in total. The summed E-state index contributed by atoms with van der Waals surface area (Å²) in [5.74, 6) is -1.08. The first-order chi connectivity index (χ1) is 9.16. The Kier molecular flexibility index (Phi) is 3.66. The van der Waals surface area contributed by atoms with Gasteiger partial charge in [0.05, 0.1) is 11.2 Å². The van der Waals surface area contributed by atoms with Crippen molar-refractivity contribution < 1.29 is 19.2 Å². The maximum atomic E-state index is 11.1. The Bertz CT molecular complexity index is 514. The van der Waals surface area contributed by atoms with Gasteiger partial charge >= 0.3 is 13.1 Å². The summed E-state index contributed by atoms with van der Waals surface area (Å²) < 4.78 is 11.9. The van der Waals surface area contributed by atoms with Crippen molar-refractivity contribution in [3.63, 3.8) is 0 Å². The highest BCUT2D eigenvalue weighted by atomic mass is 16.7. The Balaban J connectivity index is 2.38. The normalized spacial score (nSPS) is 21.8. The summed E-state index contributed by atoms with van der Waals surface area (Å²) in [5.41, 5.74) is 5.96. The van der Waals surface area contributed by atoms with E-state index < -0.39 is 30.3 Å². The number of hydrogen-bond donors (Lipinski definition) is 2. The number of aliphatic carboxylic acids is 1. The molecule has 0 saturated carbocycles. The van der Waals surface area contributed by atoms with Crippen LogP contribution in [-0.2, 0) is 14.1 Å². The van der Waals surface area contributed by atoms with Crippen LogP contribution in [0, 0.1) is 0 Å². The molecule has 1 unspecified atom stereocenters. The van der Waals surface area contributed by atoms with Crippen LogP contribution >= 0.6 is 0 Å². The van der Waals surface area contributed by atoms with E-state index in [0.717, 1.165) is 0 Å². The van der Waals surface area contributed by atoms with Crippen LogP contribution in [0.1, 0.15) is 39.3 Å². The molecule has 1 aliphatic heterocycles. The van der Waals surface area contributed by atoms with Crippen LogP contribution < -0.4 is 11.2 Å². The fourth-order valence-electron chi connectivity index (χ4n) is 2.11. The molecule has 6 heteroatoms. The zero-order valence-corrected chi connectivity index (χ0v) is 12.2. The molecule has 1 fully saturated rings. The molecule has 1 aromatic rings. The van der Waals surface area contributed by atoms with E-state index in [4.69, 9.17) is 20.1 Å². The molecule has 0 radical (unpaired) electrons. The SMILES string of the molecule is CC1(C)OB(c2ccccc2C(N)C(=O)O)OC1(C)C. The summed E-state index contributed by atoms with van der Waals surface area (Å²) in [6.45, 7) is 7.80. The molecule has 20 heavy (non-hydrogen) atoms. The first-order valence-corrected chi connectivity index (χ1v) is 6.58. The Hall–Kier alpha value is -1.37. The second-order valence-electron chi connectivity index (χ2n) is 6.03. The fraction of sp³-hybridized carbons (Fsp3) is 0.500. The number of carbonyl (C=O) groups is 1. The van der Waals surface area contributed by atoms with E-state index in [2.05, 4.69) is 0 Å². The Morgan fingerprint density at radius 1 is 1.20 bits per heavy atom. The van der Waals surface area contributed by atoms with Crippen molar-refractivity contribution in [1.82, 2.24) is 0 Å². The van der Waals surface area contributed by atoms with E-state index in [1.165, 1.54) is 0 Å². The fourth-order valence-corrected chi connectivity index (χ4v) is 2.11. The van der Waals surface area contributed by atoms with Crippen LogP contribution in [0.3, 0.4) is 0 Å². The second kappa shape index (κ2) is 4.88. The van der Waals surface area contributed by atoms with Gasteiger partial charge < -0.3 is 20.1 Å². The average Bonchev–Trinajstić information content (AvgIpc) is 2.57. The van der Waals surface area contributed by atoms with E-state index in [9.17, 15) is 4.79 Å². The summed E-state index contributed by atoms with van der Waals surface area (Å²) in [7, 11) is -0.610. The van der Waals surface area contributed by atoms with E-state index in [1.54, 1.807) is 18.2 Å². The van der Waals surface area contributed by atoms with Crippen molar-refractivity contribution >= 4 is 18.6 Å². The van der Waals surface area contributed by atoms with Gasteiger partial charge in [-0.05, 0) is 38.7 Å². The monoisotopic (exact) mass is 277 g/mol. The van der Waals surface area contributed by atoms with E-state index in [1.807, 2.05) is 33.8 Å². The average molecular weight is 277 g/mol. The molecule has 1 aliphatic rings. The van der Waals surface area contributed by atoms with Gasteiger partial charge in [-0.1, -0.05) is 24.3 Å². The van der Waals surface area contributed by atoms with E-state index >= 15 is 0 Å². The second-order valence-corrected chi connectivity index (χ2v) is 6.03. The molecule has 0 bridgehead atoms. The summed E-state index contributed by atoms with van der Waals surface area (Å²) in [6.07, 6.45) is 0. The molecule has 108 valence electrons. The predicted molar refractivity (Wildman–Crippen MR) is 76.7 cm³/mol. The number of benzene rings is 1. The van der Waals surface area contributed by atoms with Gasteiger partial charge in [0.1, 0.15) is 6.04 Å². The molecule has 1 aromatic carbocycles. The lowest BCUT2D eigenvalue weighted by atomic mass is 9.74. The minimum atomic E-state index is -1.09. The van der Waals surface area contributed by atoms with Crippen molar-refractivity contribution in [2.45, 2.75) is 44.9 Å². The smallest absolute Gasteiger partial charge is 0.480 e. The molecule has 2 rings (SSSR count). The molecular weight excluding hydrogens is 257 g/mol. The Morgan fingerprint density at radius 2 is 1.70 bits per heavy atom. The van der Waals surface area contributed by atoms with Crippen LogP contribution in [0.15, 0.2) is 24.3 Å². The molecule has 5 nitrogen and oxygen atoms in total. The van der Waals surface area contributed by atoms with Gasteiger partial charge in [0.25, 0.3) is 0 Å². The summed E-state index contributed by atoms with van der Waals surface area (Å²) >= 11 is 0. The van der Waals surface area contributed by atoms with Crippen molar-refractivity contribution in [1.29, 1.82) is 0 Å². The van der Waals surface area contributed by atoms with E-state index in [0.29, 0.717) is 11.0 Å². The first-order valence-electron chi connectivity index (χ1n) is 6.58. The van der Waals surface area contributed by atoms with Crippen LogP contribution in [0.4, 0.5) is 0 Å². The standard InChI is InChI=1S/C14H20BNO4/c1-13(2)14(3,4)20-15(19-13)10-8-6-5-7-9(10)11(16)12(17)18/h5-8,11H,16H2,1-4H3,(H,17,18). The number of carboxylic acids is 1. The molecule has 1 saturated heterocycles. The molecule has 1 heterocycles. The Labute approximate surface area is 119 Å². The van der Waals surface area contributed by atoms with Crippen molar-refractivity contribution in [2.75, 3.05) is 0 Å². The highest BCUT2D eigenvalue weighted by Gasteiger charge is 2.52. The zero-order valence-electron chi connectivity index (χ0n) is 12.2. The topological polar surface area (TPSA) is 81.8 Å². The highest BCUT2D eigenvalue weighted by Crippen LogP contribution is 2.36. The maximum absolute atomic E-state index is 11.1. The van der Waals surface area contributed by atoms with Crippen molar-refractivity contribution in [2.24, 2.45) is 5.73 Å². The number of carboxylic acid groups (broad SMARTS) is 1. The number of hydrogen-bond acceptors (Lipinski definition) is 4. The number of rotatable bonds is 3. The maximum Gasteiger partial charge on any atom is 0.495 e. The van der Waals surface area contributed by atoms with Crippen molar-refractivity contribution in [3.05, 3.63) is 29.8 Å². The van der Waals surface area contributed by atoms with Crippen LogP contribution in [0.2, 0.25) is 0 Å². The zero-order chi connectivity index (χ0) is 15.1. The predicted octanol–water partition coefficient (Wildman–Crippen LogP) is 1.07. The lowest BCUT2D eigenvalue weighted by molar-refractivity contribution is -0.138. The molecule has 0 spiro atoms. The highest BCUT2D eigenvalue weighted by molar-refractivity contribution is 6.62. The van der Waals surface area contributed by atoms with Gasteiger partial charge in [-0.15, -0.1) is 0 Å². The minimum absolute atomic E-state index is 0.474. The van der Waals surface area contributed by atoms with Crippen LogP contribution in [0.5, 0.6) is 0 Å². The third-order valence-electron chi connectivity index (χ3n) is 4.10. The molecule has 0 aliphatic carbocycles.